The summed E-state index contributed by atoms with van der Waals surface area (Å²) < 4.78 is 35.7. The Morgan fingerprint density at radius 2 is 1.12 bits per heavy atom. The first-order chi connectivity index (χ1) is 23.3. The molecule has 0 aliphatic carbocycles. The van der Waals surface area contributed by atoms with Gasteiger partial charge >= 0.3 is 0 Å². The Bertz CT molecular complexity index is 1570. The van der Waals surface area contributed by atoms with Crippen molar-refractivity contribution < 1.29 is 28.4 Å². The van der Waals surface area contributed by atoms with Crippen LogP contribution in [0.25, 0.3) is 10.8 Å². The van der Waals surface area contributed by atoms with Crippen molar-refractivity contribution in [2.24, 2.45) is 0 Å². The van der Waals surface area contributed by atoms with Crippen LogP contribution in [0.1, 0.15) is 11.1 Å². The third-order valence-electron chi connectivity index (χ3n) is 8.29. The molecule has 0 atom stereocenters. The van der Waals surface area contributed by atoms with Crippen molar-refractivity contribution in [2.75, 3.05) is 111 Å². The maximum atomic E-state index is 6.25. The van der Waals surface area contributed by atoms with Crippen LogP contribution in [0.2, 0.25) is 0 Å². The third-order valence-corrected chi connectivity index (χ3v) is 8.29. The van der Waals surface area contributed by atoms with Gasteiger partial charge in [0.1, 0.15) is 18.9 Å². The predicted molar refractivity (Wildman–Crippen MR) is 195 cm³/mol. The van der Waals surface area contributed by atoms with Crippen molar-refractivity contribution in [1.82, 2.24) is 4.48 Å². The van der Waals surface area contributed by atoms with Crippen LogP contribution >= 0.6 is 0 Å². The zero-order valence-corrected chi connectivity index (χ0v) is 29.3. The number of anilines is 2. The number of fused-ring (bicyclic) bond motifs is 2. The molecule has 0 fully saturated rings. The molecule has 1 aliphatic heterocycles. The largest absolute Gasteiger partial charge is 0.487 e. The standard InChI is InChI=1S/C39H52N3O6/c1-40(2)37-11-7-9-35-32(8-6-10-36(35)37)30-41(33-13-15-34(16-14-33)42(3,4)5)29-31-12-17-38-39(28-31)48-27-25-46-23-21-44-19-18-43-20-22-45-24-26-47-38/h6-17,28H,18-27,29-30H2,1-5H3/q+1. The normalized spacial score (nSPS) is 15.8. The molecule has 0 bridgehead atoms. The highest BCUT2D eigenvalue weighted by Crippen LogP contribution is 2.33. The minimum absolute atomic E-state index is 0.403. The molecule has 0 saturated carbocycles. The maximum Gasteiger partial charge on any atom is 0.161 e. The number of nitrogens with zero attached hydrogens (tertiary/aromatic N) is 3. The van der Waals surface area contributed by atoms with E-state index in [0.29, 0.717) is 84.1 Å². The fraction of sp³-hybridized carbons (Fsp3) is 0.436. The molecule has 0 N–H and O–H groups in total. The van der Waals surface area contributed by atoms with Crippen LogP contribution in [0, 0.1) is 0 Å². The van der Waals surface area contributed by atoms with E-state index >= 15 is 0 Å². The van der Waals surface area contributed by atoms with Crippen LogP contribution in [0.5, 0.6) is 11.5 Å². The van der Waals surface area contributed by atoms with Crippen LogP contribution in [0.4, 0.5) is 17.1 Å². The molecule has 0 saturated heterocycles. The molecule has 5 rings (SSSR count). The van der Waals surface area contributed by atoms with Gasteiger partial charge in [0, 0.05) is 56.1 Å². The second-order valence-electron chi connectivity index (χ2n) is 13.0. The molecule has 258 valence electrons. The Balaban J connectivity index is 1.41. The van der Waals surface area contributed by atoms with E-state index in [9.17, 15) is 0 Å². The summed E-state index contributed by atoms with van der Waals surface area (Å²) >= 11 is 0. The van der Waals surface area contributed by atoms with E-state index in [0.717, 1.165) is 22.3 Å². The van der Waals surface area contributed by atoms with E-state index < -0.39 is 0 Å². The Morgan fingerprint density at radius 3 is 1.73 bits per heavy atom. The number of benzene rings is 4. The summed E-state index contributed by atoms with van der Waals surface area (Å²) in [4.78, 5) is 4.61. The molecule has 0 amide bonds. The smallest absolute Gasteiger partial charge is 0.161 e. The molecule has 0 radical (unpaired) electrons. The monoisotopic (exact) mass is 658 g/mol. The van der Waals surface area contributed by atoms with E-state index in [4.69, 9.17) is 28.4 Å². The first kappa shape index (κ1) is 35.4. The van der Waals surface area contributed by atoms with Gasteiger partial charge in [-0.25, -0.2) is 0 Å². The summed E-state index contributed by atoms with van der Waals surface area (Å²) in [5.74, 6) is 1.38. The summed E-state index contributed by atoms with van der Waals surface area (Å²) in [7, 11) is 10.8. The summed E-state index contributed by atoms with van der Waals surface area (Å²) in [5, 5.41) is 2.51. The van der Waals surface area contributed by atoms with Gasteiger partial charge in [0.05, 0.1) is 74.0 Å². The molecule has 4 aromatic rings. The molecule has 9 nitrogen and oxygen atoms in total. The van der Waals surface area contributed by atoms with Crippen LogP contribution in [-0.4, -0.2) is 101 Å². The molecular formula is C39H52N3O6+. The first-order valence-corrected chi connectivity index (χ1v) is 16.8. The summed E-state index contributed by atoms with van der Waals surface area (Å²) in [5.41, 5.74) is 6.01. The van der Waals surface area contributed by atoms with Crippen molar-refractivity contribution in [1.29, 1.82) is 0 Å². The van der Waals surface area contributed by atoms with E-state index in [1.807, 2.05) is 6.07 Å². The third kappa shape index (κ3) is 10.1. The molecule has 9 heteroatoms. The number of quaternary nitrogens is 1. The summed E-state index contributed by atoms with van der Waals surface area (Å²) in [6.07, 6.45) is 0. The zero-order chi connectivity index (χ0) is 33.8. The van der Waals surface area contributed by atoms with Gasteiger partial charge in [-0.1, -0.05) is 36.4 Å². The van der Waals surface area contributed by atoms with Crippen molar-refractivity contribution in [2.45, 2.75) is 13.1 Å². The molecular weight excluding hydrogens is 606 g/mol. The van der Waals surface area contributed by atoms with Crippen molar-refractivity contribution in [3.8, 4) is 11.5 Å². The minimum Gasteiger partial charge on any atom is -0.487 e. The van der Waals surface area contributed by atoms with Gasteiger partial charge in [0.2, 0.25) is 0 Å². The number of hydrogen-bond acceptors (Lipinski definition) is 8. The molecule has 4 aromatic carbocycles. The van der Waals surface area contributed by atoms with E-state index in [1.54, 1.807) is 0 Å². The SMILES string of the molecule is CN(C)c1cccc2c(CN(Cc3ccc4c(c3)OCCOCCOCCOCCOCCO4)c3ccc([N+](C)(C)C)cc3)cccc12. The number of ether oxygens (including phenoxy) is 6. The van der Waals surface area contributed by atoms with Crippen molar-refractivity contribution in [3.63, 3.8) is 0 Å². The molecule has 0 aromatic heterocycles. The number of rotatable bonds is 7. The Hall–Kier alpha value is -3.86. The van der Waals surface area contributed by atoms with Crippen LogP contribution in [0.3, 0.4) is 0 Å². The van der Waals surface area contributed by atoms with E-state index in [2.05, 4.69) is 118 Å². The molecule has 0 unspecified atom stereocenters. The quantitative estimate of drug-likeness (QED) is 0.220. The van der Waals surface area contributed by atoms with Crippen LogP contribution in [0.15, 0.2) is 78.9 Å². The maximum absolute atomic E-state index is 6.25. The highest BCUT2D eigenvalue weighted by Gasteiger charge is 2.17. The fourth-order valence-electron chi connectivity index (χ4n) is 5.73. The van der Waals surface area contributed by atoms with Gasteiger partial charge < -0.3 is 38.2 Å². The lowest BCUT2D eigenvalue weighted by molar-refractivity contribution is -0.00842. The second-order valence-corrected chi connectivity index (χ2v) is 13.0. The van der Waals surface area contributed by atoms with E-state index in [-0.39, 0.29) is 0 Å². The topological polar surface area (TPSA) is 61.9 Å². The predicted octanol–water partition coefficient (Wildman–Crippen LogP) is 6.15. The Morgan fingerprint density at radius 1 is 0.562 bits per heavy atom. The second kappa shape index (κ2) is 17.5. The van der Waals surface area contributed by atoms with Crippen LogP contribution in [-0.2, 0) is 32.0 Å². The summed E-state index contributed by atoms with van der Waals surface area (Å²) in [6.45, 7) is 6.27. The highest BCUT2D eigenvalue weighted by molar-refractivity contribution is 5.96. The lowest BCUT2D eigenvalue weighted by Crippen LogP contribution is -2.34. The van der Waals surface area contributed by atoms with Gasteiger partial charge in [0.25, 0.3) is 0 Å². The van der Waals surface area contributed by atoms with Gasteiger partial charge in [0.15, 0.2) is 11.5 Å². The molecule has 1 heterocycles. The fourth-order valence-corrected chi connectivity index (χ4v) is 5.73. The van der Waals surface area contributed by atoms with Crippen molar-refractivity contribution in [3.05, 3.63) is 90.0 Å². The Labute approximate surface area is 286 Å². The van der Waals surface area contributed by atoms with Gasteiger partial charge in [-0.05, 0) is 46.8 Å². The average molecular weight is 659 g/mol. The zero-order valence-electron chi connectivity index (χ0n) is 29.3. The molecule has 48 heavy (non-hydrogen) atoms. The van der Waals surface area contributed by atoms with Gasteiger partial charge in [-0.15, -0.1) is 0 Å². The average Bonchev–Trinajstić information content (AvgIpc) is 3.07. The van der Waals surface area contributed by atoms with Crippen LogP contribution < -0.4 is 23.8 Å². The Kier molecular flexibility index (Phi) is 12.9. The highest BCUT2D eigenvalue weighted by atomic mass is 16.6. The first-order valence-electron chi connectivity index (χ1n) is 16.8. The minimum atomic E-state index is 0.403. The summed E-state index contributed by atoms with van der Waals surface area (Å²) in [6, 6.07) is 28.3. The molecule has 0 spiro atoms. The van der Waals surface area contributed by atoms with Crippen molar-refractivity contribution >= 4 is 27.8 Å². The lowest BCUT2D eigenvalue weighted by atomic mass is 10.0. The van der Waals surface area contributed by atoms with Gasteiger partial charge in [-0.3, -0.25) is 4.48 Å². The lowest BCUT2D eigenvalue weighted by Gasteiger charge is -2.28. The molecule has 1 aliphatic rings. The number of hydrogen-bond donors (Lipinski definition) is 0. The van der Waals surface area contributed by atoms with Gasteiger partial charge in [-0.2, -0.15) is 0 Å². The van der Waals surface area contributed by atoms with E-state index in [1.165, 1.54) is 27.7 Å².